The van der Waals surface area contributed by atoms with Gasteiger partial charge in [0, 0.05) is 6.54 Å². The summed E-state index contributed by atoms with van der Waals surface area (Å²) >= 11 is 3.23. The van der Waals surface area contributed by atoms with E-state index in [9.17, 15) is 0 Å². The number of benzene rings is 1. The first-order chi connectivity index (χ1) is 5.38. The lowest BCUT2D eigenvalue weighted by atomic mass is 10.1. The van der Waals surface area contributed by atoms with Crippen molar-refractivity contribution in [3.8, 4) is 0 Å². The van der Waals surface area contributed by atoms with Crippen molar-refractivity contribution in [2.45, 2.75) is 6.54 Å². The third-order valence-corrected chi connectivity index (χ3v) is 1.78. The molecule has 0 spiro atoms. The van der Waals surface area contributed by atoms with Crippen molar-refractivity contribution in [1.82, 2.24) is 0 Å². The summed E-state index contributed by atoms with van der Waals surface area (Å²) in [6, 6.07) is 8.07. The molecule has 0 bridgehead atoms. The van der Waals surface area contributed by atoms with Crippen molar-refractivity contribution in [2.24, 2.45) is 5.73 Å². The van der Waals surface area contributed by atoms with E-state index in [0.29, 0.717) is 6.54 Å². The summed E-state index contributed by atoms with van der Waals surface area (Å²) in [4.78, 5) is 1.83. The van der Waals surface area contributed by atoms with Gasteiger partial charge < -0.3 is 5.73 Å². The second kappa shape index (κ2) is 4.31. The Labute approximate surface area is 75.0 Å². The van der Waals surface area contributed by atoms with E-state index in [1.54, 1.807) is 0 Å². The van der Waals surface area contributed by atoms with Crippen LogP contribution in [0.5, 0.6) is 0 Å². The standard InChI is InChI=1S/C9H10BrN/c10-6-5-8-3-1-2-4-9(8)7-11/h1-6H,7,11H2. The molecule has 1 aromatic carbocycles. The van der Waals surface area contributed by atoms with Gasteiger partial charge in [-0.25, -0.2) is 0 Å². The van der Waals surface area contributed by atoms with Crippen LogP contribution in [-0.2, 0) is 6.54 Å². The van der Waals surface area contributed by atoms with Gasteiger partial charge in [0.1, 0.15) is 0 Å². The van der Waals surface area contributed by atoms with Crippen molar-refractivity contribution in [3.63, 3.8) is 0 Å². The molecule has 2 heteroatoms. The minimum Gasteiger partial charge on any atom is -0.326 e. The van der Waals surface area contributed by atoms with Crippen LogP contribution >= 0.6 is 15.9 Å². The molecular weight excluding hydrogens is 202 g/mol. The highest BCUT2D eigenvalue weighted by molar-refractivity contribution is 9.11. The quantitative estimate of drug-likeness (QED) is 0.800. The average molecular weight is 212 g/mol. The Kier molecular flexibility index (Phi) is 3.33. The Balaban J connectivity index is 3.02. The molecule has 1 rings (SSSR count). The molecule has 0 aliphatic carbocycles. The molecule has 0 unspecified atom stereocenters. The van der Waals surface area contributed by atoms with Crippen LogP contribution in [0.25, 0.3) is 6.08 Å². The van der Waals surface area contributed by atoms with Crippen LogP contribution in [0.4, 0.5) is 0 Å². The van der Waals surface area contributed by atoms with E-state index in [2.05, 4.69) is 15.9 Å². The second-order valence-corrected chi connectivity index (χ2v) is 2.72. The fourth-order valence-electron chi connectivity index (χ4n) is 0.951. The largest absolute Gasteiger partial charge is 0.326 e. The van der Waals surface area contributed by atoms with Gasteiger partial charge >= 0.3 is 0 Å². The van der Waals surface area contributed by atoms with Gasteiger partial charge in [0.05, 0.1) is 0 Å². The molecule has 0 fully saturated rings. The normalized spacial score (nSPS) is 10.7. The maximum absolute atomic E-state index is 5.53. The predicted octanol–water partition coefficient (Wildman–Crippen LogP) is 2.51. The number of halogens is 1. The van der Waals surface area contributed by atoms with E-state index in [0.717, 1.165) is 0 Å². The van der Waals surface area contributed by atoms with Gasteiger partial charge in [-0.05, 0) is 22.2 Å². The smallest absolute Gasteiger partial charge is 0.0184 e. The van der Waals surface area contributed by atoms with Crippen LogP contribution in [0, 0.1) is 0 Å². The second-order valence-electron chi connectivity index (χ2n) is 2.20. The highest BCUT2D eigenvalue weighted by atomic mass is 79.9. The summed E-state index contributed by atoms with van der Waals surface area (Å²) in [7, 11) is 0. The van der Waals surface area contributed by atoms with Crippen molar-refractivity contribution in [3.05, 3.63) is 40.4 Å². The summed E-state index contributed by atoms with van der Waals surface area (Å²) in [6.45, 7) is 0.591. The van der Waals surface area contributed by atoms with Crippen LogP contribution in [0.2, 0.25) is 0 Å². The number of hydrogen-bond donors (Lipinski definition) is 1. The van der Waals surface area contributed by atoms with Crippen LogP contribution in [0.3, 0.4) is 0 Å². The molecule has 0 amide bonds. The summed E-state index contributed by atoms with van der Waals surface area (Å²) in [5.74, 6) is 0. The van der Waals surface area contributed by atoms with Gasteiger partial charge in [0.15, 0.2) is 0 Å². The van der Waals surface area contributed by atoms with E-state index in [1.165, 1.54) is 11.1 Å². The predicted molar refractivity (Wildman–Crippen MR) is 52.3 cm³/mol. The molecule has 11 heavy (non-hydrogen) atoms. The topological polar surface area (TPSA) is 26.0 Å². The zero-order chi connectivity index (χ0) is 8.10. The third kappa shape index (κ3) is 2.17. The number of hydrogen-bond acceptors (Lipinski definition) is 1. The molecule has 2 N–H and O–H groups in total. The third-order valence-electron chi connectivity index (χ3n) is 1.52. The van der Waals surface area contributed by atoms with E-state index < -0.39 is 0 Å². The minimum absolute atomic E-state index is 0.591. The van der Waals surface area contributed by atoms with Gasteiger partial charge in [0.2, 0.25) is 0 Å². The summed E-state index contributed by atoms with van der Waals surface area (Å²) in [6.07, 6.45) is 1.99. The highest BCUT2D eigenvalue weighted by Crippen LogP contribution is 2.10. The molecule has 58 valence electrons. The van der Waals surface area contributed by atoms with E-state index in [-0.39, 0.29) is 0 Å². The highest BCUT2D eigenvalue weighted by Gasteiger charge is 1.93. The molecule has 0 aliphatic heterocycles. The fraction of sp³-hybridized carbons (Fsp3) is 0.111. The Morgan fingerprint density at radius 3 is 2.73 bits per heavy atom. The maximum Gasteiger partial charge on any atom is 0.0184 e. The monoisotopic (exact) mass is 211 g/mol. The molecule has 1 aromatic rings. The molecule has 0 aliphatic rings. The van der Waals surface area contributed by atoms with Gasteiger partial charge in [-0.2, -0.15) is 0 Å². The van der Waals surface area contributed by atoms with Gasteiger partial charge in [-0.15, -0.1) is 0 Å². The summed E-state index contributed by atoms with van der Waals surface area (Å²) in [5, 5.41) is 0. The number of nitrogens with two attached hydrogens (primary N) is 1. The van der Waals surface area contributed by atoms with E-state index in [4.69, 9.17) is 5.73 Å². The van der Waals surface area contributed by atoms with Gasteiger partial charge in [0.25, 0.3) is 0 Å². The van der Waals surface area contributed by atoms with Crippen LogP contribution in [-0.4, -0.2) is 0 Å². The zero-order valence-electron chi connectivity index (χ0n) is 6.13. The first kappa shape index (κ1) is 8.50. The molecule has 0 radical (unpaired) electrons. The molecular formula is C9H10BrN. The minimum atomic E-state index is 0.591. The van der Waals surface area contributed by atoms with Crippen molar-refractivity contribution < 1.29 is 0 Å². The fourth-order valence-corrected chi connectivity index (χ4v) is 1.24. The zero-order valence-corrected chi connectivity index (χ0v) is 7.71. The summed E-state index contributed by atoms with van der Waals surface area (Å²) < 4.78 is 0. The maximum atomic E-state index is 5.53. The molecule has 0 aromatic heterocycles. The van der Waals surface area contributed by atoms with Crippen LogP contribution in [0.15, 0.2) is 29.3 Å². The van der Waals surface area contributed by atoms with Crippen LogP contribution < -0.4 is 5.73 Å². The van der Waals surface area contributed by atoms with Crippen molar-refractivity contribution in [1.29, 1.82) is 0 Å². The SMILES string of the molecule is NCc1ccccc1C=CBr. The first-order valence-electron chi connectivity index (χ1n) is 3.43. The molecule has 0 heterocycles. The van der Waals surface area contributed by atoms with Gasteiger partial charge in [-0.3, -0.25) is 0 Å². The Hall–Kier alpha value is -0.600. The van der Waals surface area contributed by atoms with Gasteiger partial charge in [-0.1, -0.05) is 40.2 Å². The average Bonchev–Trinajstić information content (AvgIpc) is 2.06. The number of rotatable bonds is 2. The van der Waals surface area contributed by atoms with E-state index in [1.807, 2.05) is 35.3 Å². The Morgan fingerprint density at radius 1 is 1.36 bits per heavy atom. The van der Waals surface area contributed by atoms with Crippen molar-refractivity contribution >= 4 is 22.0 Å². The van der Waals surface area contributed by atoms with E-state index >= 15 is 0 Å². The Morgan fingerprint density at radius 2 is 2.09 bits per heavy atom. The molecule has 0 atom stereocenters. The van der Waals surface area contributed by atoms with Crippen molar-refractivity contribution in [2.75, 3.05) is 0 Å². The molecule has 0 saturated carbocycles. The lowest BCUT2D eigenvalue weighted by molar-refractivity contribution is 1.07. The lowest BCUT2D eigenvalue weighted by Crippen LogP contribution is -1.97. The first-order valence-corrected chi connectivity index (χ1v) is 4.35. The molecule has 1 nitrogen and oxygen atoms in total. The lowest BCUT2D eigenvalue weighted by Gasteiger charge is -2.00. The summed E-state index contributed by atoms with van der Waals surface area (Å²) in [5.41, 5.74) is 7.87. The van der Waals surface area contributed by atoms with Crippen LogP contribution in [0.1, 0.15) is 11.1 Å². The molecule has 0 saturated heterocycles. The Bertz CT molecular complexity index is 255.